The van der Waals surface area contributed by atoms with Crippen molar-refractivity contribution in [3.05, 3.63) is 40.5 Å². The number of thioether (sulfide) groups is 1. The van der Waals surface area contributed by atoms with Crippen LogP contribution in [0, 0.1) is 11.8 Å². The molecule has 0 saturated heterocycles. The highest BCUT2D eigenvalue weighted by atomic mass is 79.9. The molecular formula is C22H29BrN2O3S. The van der Waals surface area contributed by atoms with Crippen molar-refractivity contribution in [2.75, 3.05) is 25.2 Å². The normalized spacial score (nSPS) is 19.4. The van der Waals surface area contributed by atoms with Crippen LogP contribution in [-0.4, -0.2) is 46.1 Å². The van der Waals surface area contributed by atoms with E-state index in [0.717, 1.165) is 54.6 Å². The Balaban J connectivity index is 1.66. The largest absolute Gasteiger partial charge is 0.480 e. The maximum atomic E-state index is 10.6. The number of hydrogen-bond donors (Lipinski definition) is 1. The molecule has 1 aliphatic rings. The quantitative estimate of drug-likeness (QED) is 0.510. The second kappa shape index (κ2) is 11.2. The molecule has 1 aromatic heterocycles. The molecule has 1 fully saturated rings. The van der Waals surface area contributed by atoms with E-state index in [1.807, 2.05) is 17.8 Å². The molecule has 2 aromatic rings. The van der Waals surface area contributed by atoms with Crippen LogP contribution in [0.4, 0.5) is 0 Å². The van der Waals surface area contributed by atoms with Crippen LogP contribution in [0.3, 0.4) is 0 Å². The van der Waals surface area contributed by atoms with Gasteiger partial charge in [-0.25, -0.2) is 4.79 Å². The topological polar surface area (TPSA) is 64.4 Å². The van der Waals surface area contributed by atoms with E-state index >= 15 is 0 Å². The lowest BCUT2D eigenvalue weighted by Crippen LogP contribution is -2.23. The fourth-order valence-electron chi connectivity index (χ4n) is 3.99. The number of carboxylic acids is 1. The monoisotopic (exact) mass is 480 g/mol. The van der Waals surface area contributed by atoms with Gasteiger partial charge in [-0.3, -0.25) is 4.68 Å². The molecule has 0 aliphatic heterocycles. The first-order valence-electron chi connectivity index (χ1n) is 10.2. The van der Waals surface area contributed by atoms with Gasteiger partial charge in [0.25, 0.3) is 0 Å². The summed E-state index contributed by atoms with van der Waals surface area (Å²) in [7, 11) is 0. The summed E-state index contributed by atoms with van der Waals surface area (Å²) in [5, 5.41) is 13.7. The number of aromatic nitrogens is 2. The molecular weight excluding hydrogens is 452 g/mol. The highest BCUT2D eigenvalue weighted by Gasteiger charge is 2.25. The number of hydrogen-bond acceptors (Lipinski definition) is 4. The highest BCUT2D eigenvalue weighted by molar-refractivity contribution is 9.10. The van der Waals surface area contributed by atoms with Crippen molar-refractivity contribution < 1.29 is 14.6 Å². The Morgan fingerprint density at radius 3 is 2.59 bits per heavy atom. The fourth-order valence-corrected chi connectivity index (χ4v) is 5.10. The molecule has 1 saturated carbocycles. The number of carboxylic acid groups (broad SMARTS) is 1. The average Bonchev–Trinajstić information content (AvgIpc) is 3.03. The molecule has 0 bridgehead atoms. The van der Waals surface area contributed by atoms with Crippen LogP contribution in [0.2, 0.25) is 0 Å². The number of aryl methyl sites for hydroxylation is 1. The lowest BCUT2D eigenvalue weighted by atomic mass is 9.82. The minimum absolute atomic E-state index is 0.194. The number of ether oxygens (including phenoxy) is 1. The van der Waals surface area contributed by atoms with Gasteiger partial charge in [0.2, 0.25) is 0 Å². The zero-order valence-electron chi connectivity index (χ0n) is 16.8. The Bertz CT molecular complexity index is 789. The summed E-state index contributed by atoms with van der Waals surface area (Å²) in [6, 6.07) is 10.5. The van der Waals surface area contributed by atoms with Crippen LogP contribution < -0.4 is 0 Å². The van der Waals surface area contributed by atoms with E-state index in [-0.39, 0.29) is 6.61 Å². The van der Waals surface area contributed by atoms with Crippen molar-refractivity contribution in [1.29, 1.82) is 0 Å². The molecule has 0 unspecified atom stereocenters. The van der Waals surface area contributed by atoms with Crippen LogP contribution in [-0.2, 0) is 22.5 Å². The molecule has 1 N–H and O–H groups in total. The van der Waals surface area contributed by atoms with Crippen LogP contribution in [0.5, 0.6) is 0 Å². The standard InChI is InChI=1S/C22H29BrN2O3S/c1-29-12-11-19-21(23)22(18-5-3-2-4-6-18)25(24-19)13-16-7-9-17(10-8-16)14-28-15-20(26)27/h2-6,16-17H,7-15H2,1H3,(H,26,27). The van der Waals surface area contributed by atoms with Gasteiger partial charge < -0.3 is 9.84 Å². The smallest absolute Gasteiger partial charge is 0.329 e. The molecule has 3 rings (SSSR count). The molecule has 1 heterocycles. The summed E-state index contributed by atoms with van der Waals surface area (Å²) in [4.78, 5) is 10.6. The second-order valence-corrected chi connectivity index (χ2v) is 9.47. The van der Waals surface area contributed by atoms with Gasteiger partial charge in [0.1, 0.15) is 6.61 Å². The molecule has 1 aliphatic carbocycles. The number of nitrogens with zero attached hydrogens (tertiary/aromatic N) is 2. The highest BCUT2D eigenvalue weighted by Crippen LogP contribution is 2.35. The molecule has 5 nitrogen and oxygen atoms in total. The van der Waals surface area contributed by atoms with Crippen molar-refractivity contribution in [2.45, 2.75) is 38.6 Å². The Morgan fingerprint density at radius 2 is 1.93 bits per heavy atom. The third-order valence-corrected chi connectivity index (χ3v) is 6.97. The molecule has 0 spiro atoms. The summed E-state index contributed by atoms with van der Waals surface area (Å²) in [5.74, 6) is 1.23. The predicted octanol–water partition coefficient (Wildman–Crippen LogP) is 5.13. The lowest BCUT2D eigenvalue weighted by molar-refractivity contribution is -0.142. The average molecular weight is 481 g/mol. The van der Waals surface area contributed by atoms with Gasteiger partial charge in [-0.05, 0) is 65.5 Å². The summed E-state index contributed by atoms with van der Waals surface area (Å²) in [6.07, 6.45) is 7.53. The van der Waals surface area contributed by atoms with E-state index in [2.05, 4.69) is 51.1 Å². The van der Waals surface area contributed by atoms with Crippen LogP contribution in [0.1, 0.15) is 31.4 Å². The van der Waals surface area contributed by atoms with Gasteiger partial charge in [0, 0.05) is 18.5 Å². The van der Waals surface area contributed by atoms with E-state index in [1.54, 1.807) is 0 Å². The summed E-state index contributed by atoms with van der Waals surface area (Å²) in [5.41, 5.74) is 3.50. The first-order valence-corrected chi connectivity index (χ1v) is 12.4. The van der Waals surface area contributed by atoms with Crippen LogP contribution in [0.25, 0.3) is 11.3 Å². The number of rotatable bonds is 10. The van der Waals surface area contributed by atoms with E-state index in [4.69, 9.17) is 14.9 Å². The van der Waals surface area contributed by atoms with E-state index in [0.29, 0.717) is 18.4 Å². The van der Waals surface area contributed by atoms with Crippen molar-refractivity contribution >= 4 is 33.7 Å². The molecule has 29 heavy (non-hydrogen) atoms. The zero-order chi connectivity index (χ0) is 20.6. The van der Waals surface area contributed by atoms with E-state index in [9.17, 15) is 4.79 Å². The first-order chi connectivity index (χ1) is 14.1. The summed E-state index contributed by atoms with van der Waals surface area (Å²) in [6.45, 7) is 1.28. The Labute approximate surface area is 185 Å². The van der Waals surface area contributed by atoms with E-state index < -0.39 is 5.97 Å². The minimum Gasteiger partial charge on any atom is -0.480 e. The first kappa shape index (κ1) is 22.4. The summed E-state index contributed by atoms with van der Waals surface area (Å²) >= 11 is 5.67. The maximum absolute atomic E-state index is 10.6. The Morgan fingerprint density at radius 1 is 1.24 bits per heavy atom. The van der Waals surface area contributed by atoms with Crippen molar-refractivity contribution in [3.8, 4) is 11.3 Å². The molecule has 7 heteroatoms. The number of carbonyl (C=O) groups is 1. The van der Waals surface area contributed by atoms with Gasteiger partial charge in [-0.15, -0.1) is 0 Å². The van der Waals surface area contributed by atoms with Crippen LogP contribution in [0.15, 0.2) is 34.8 Å². The summed E-state index contributed by atoms with van der Waals surface area (Å²) < 4.78 is 8.61. The zero-order valence-corrected chi connectivity index (χ0v) is 19.3. The van der Waals surface area contributed by atoms with Crippen molar-refractivity contribution in [1.82, 2.24) is 9.78 Å². The number of halogens is 1. The van der Waals surface area contributed by atoms with E-state index in [1.165, 1.54) is 11.3 Å². The number of aliphatic carboxylic acids is 1. The Kier molecular flexibility index (Phi) is 8.63. The predicted molar refractivity (Wildman–Crippen MR) is 121 cm³/mol. The molecule has 0 amide bonds. The SMILES string of the molecule is CSCCc1nn(CC2CCC(COCC(=O)O)CC2)c(-c2ccccc2)c1Br. The van der Waals surface area contributed by atoms with Crippen molar-refractivity contribution in [2.24, 2.45) is 11.8 Å². The minimum atomic E-state index is -0.895. The fraction of sp³-hybridized carbons (Fsp3) is 0.545. The van der Waals surface area contributed by atoms with Gasteiger partial charge in [0.15, 0.2) is 0 Å². The van der Waals surface area contributed by atoms with Gasteiger partial charge in [0.05, 0.1) is 22.5 Å². The Hall–Kier alpha value is -1.31. The molecule has 158 valence electrons. The number of benzene rings is 1. The van der Waals surface area contributed by atoms with Crippen LogP contribution >= 0.6 is 27.7 Å². The second-order valence-electron chi connectivity index (χ2n) is 7.70. The van der Waals surface area contributed by atoms with Gasteiger partial charge >= 0.3 is 5.97 Å². The van der Waals surface area contributed by atoms with Crippen molar-refractivity contribution in [3.63, 3.8) is 0 Å². The molecule has 1 aromatic carbocycles. The van der Waals surface area contributed by atoms with Gasteiger partial charge in [-0.1, -0.05) is 30.3 Å². The molecule has 0 atom stereocenters. The third-order valence-electron chi connectivity index (χ3n) is 5.53. The lowest BCUT2D eigenvalue weighted by Gasteiger charge is -2.28. The molecule has 0 radical (unpaired) electrons. The maximum Gasteiger partial charge on any atom is 0.329 e. The van der Waals surface area contributed by atoms with Gasteiger partial charge in [-0.2, -0.15) is 16.9 Å². The third kappa shape index (κ3) is 6.33.